The molecule has 31 heavy (non-hydrogen) atoms. The van der Waals surface area contributed by atoms with Crippen LogP contribution in [0, 0.1) is 5.82 Å². The zero-order chi connectivity index (χ0) is 22.8. The number of amides is 2. The molecule has 0 unspecified atom stereocenters. The van der Waals surface area contributed by atoms with Crippen molar-refractivity contribution in [2.45, 2.75) is 18.9 Å². The van der Waals surface area contributed by atoms with Crippen LogP contribution < -0.4 is 4.90 Å². The molecule has 2 amide bonds. The first-order valence-electron chi connectivity index (χ1n) is 8.69. The summed E-state index contributed by atoms with van der Waals surface area (Å²) in [6, 6.07) is 8.05. The molecule has 166 valence electrons. The van der Waals surface area contributed by atoms with E-state index in [1.165, 1.54) is 18.2 Å². The highest BCUT2D eigenvalue weighted by Gasteiger charge is 2.41. The summed E-state index contributed by atoms with van der Waals surface area (Å²) in [4.78, 5) is 17.9. The Labute approximate surface area is 176 Å². The first-order chi connectivity index (χ1) is 14.5. The van der Waals surface area contributed by atoms with E-state index in [-0.39, 0.29) is 23.3 Å². The molecule has 1 aliphatic rings. The molecule has 1 heterocycles. The molecule has 1 fully saturated rings. The maximum Gasteiger partial charge on any atom is 0.416 e. The molecular weight excluding hydrogens is 451 g/mol. The van der Waals surface area contributed by atoms with Crippen molar-refractivity contribution in [3.63, 3.8) is 0 Å². The van der Waals surface area contributed by atoms with Gasteiger partial charge in [-0.15, -0.1) is 0 Å². The average molecular weight is 465 g/mol. The van der Waals surface area contributed by atoms with Gasteiger partial charge in [-0.05, 0) is 29.8 Å². The number of rotatable bonds is 4. The molecule has 0 aliphatic carbocycles. The van der Waals surface area contributed by atoms with E-state index < -0.39 is 36.3 Å². The van der Waals surface area contributed by atoms with Crippen molar-refractivity contribution in [2.24, 2.45) is 4.99 Å². The molecule has 0 spiro atoms. The van der Waals surface area contributed by atoms with Gasteiger partial charge in [0.2, 0.25) is 0 Å². The second-order valence-electron chi connectivity index (χ2n) is 6.43. The number of hydrogen-bond acceptors (Lipinski definition) is 3. The predicted molar refractivity (Wildman–Crippen MR) is 102 cm³/mol. The molecule has 0 N–H and O–H groups in total. The highest BCUT2D eigenvalue weighted by molar-refractivity contribution is 8.14. The zero-order valence-electron chi connectivity index (χ0n) is 15.5. The summed E-state index contributed by atoms with van der Waals surface area (Å²) in [6.45, 7) is -1.88. The van der Waals surface area contributed by atoms with Crippen molar-refractivity contribution < 1.29 is 35.5 Å². The first kappa shape index (κ1) is 22.9. The summed E-state index contributed by atoms with van der Waals surface area (Å²) >= 11 is 0.788. The minimum Gasteiger partial charge on any atom is -0.281 e. The monoisotopic (exact) mass is 465 g/mol. The van der Waals surface area contributed by atoms with Gasteiger partial charge in [-0.3, -0.25) is 14.8 Å². The van der Waals surface area contributed by atoms with Crippen LogP contribution in [0.2, 0.25) is 0 Å². The lowest BCUT2D eigenvalue weighted by atomic mass is 10.1. The molecule has 1 saturated heterocycles. The molecule has 12 heteroatoms. The van der Waals surface area contributed by atoms with E-state index in [9.17, 15) is 35.5 Å². The van der Waals surface area contributed by atoms with Gasteiger partial charge in [0.15, 0.2) is 5.17 Å². The number of halogens is 7. The average Bonchev–Trinajstić information content (AvgIpc) is 2.68. The van der Waals surface area contributed by atoms with E-state index in [4.69, 9.17) is 0 Å². The van der Waals surface area contributed by atoms with E-state index in [2.05, 4.69) is 4.99 Å². The summed E-state index contributed by atoms with van der Waals surface area (Å²) in [5.41, 5.74) is -0.726. The highest BCUT2D eigenvalue weighted by atomic mass is 32.2. The Hall–Kier alpha value is -2.76. The Kier molecular flexibility index (Phi) is 6.48. The van der Waals surface area contributed by atoms with Crippen LogP contribution in [0.4, 0.5) is 41.2 Å². The topological polar surface area (TPSA) is 35.9 Å². The van der Waals surface area contributed by atoms with E-state index >= 15 is 0 Å². The molecule has 0 aromatic heterocycles. The minimum atomic E-state index is -4.75. The standard InChI is InChI=1S/C19H14F7N3OS/c20-14-3-1-2-4-15(14)29-11-31-16(28(17(29)30)10-18(21,22)23)27-9-12-5-7-13(8-6-12)19(24,25)26/h1-8H,9-11H2. The Morgan fingerprint density at radius 2 is 1.61 bits per heavy atom. The quantitative estimate of drug-likeness (QED) is 0.528. The van der Waals surface area contributed by atoms with Crippen LogP contribution in [0.3, 0.4) is 0 Å². The van der Waals surface area contributed by atoms with Crippen molar-refractivity contribution in [3.8, 4) is 0 Å². The van der Waals surface area contributed by atoms with Crippen molar-refractivity contribution >= 4 is 28.6 Å². The fourth-order valence-electron chi connectivity index (χ4n) is 2.73. The molecule has 2 aromatic rings. The van der Waals surface area contributed by atoms with Gasteiger partial charge in [0, 0.05) is 0 Å². The second-order valence-corrected chi connectivity index (χ2v) is 7.34. The van der Waals surface area contributed by atoms with Crippen LogP contribution in [0.1, 0.15) is 11.1 Å². The zero-order valence-corrected chi connectivity index (χ0v) is 16.4. The molecule has 0 radical (unpaired) electrons. The van der Waals surface area contributed by atoms with Crippen LogP contribution in [0.5, 0.6) is 0 Å². The molecular formula is C19H14F7N3OS. The smallest absolute Gasteiger partial charge is 0.281 e. The maximum atomic E-state index is 14.0. The number of amidine groups is 1. The van der Waals surface area contributed by atoms with Gasteiger partial charge >= 0.3 is 18.4 Å². The summed E-state index contributed by atoms with van der Waals surface area (Å²) < 4.78 is 91.1. The van der Waals surface area contributed by atoms with E-state index in [1.54, 1.807) is 0 Å². The number of carbonyl (C=O) groups is 1. The van der Waals surface area contributed by atoms with Gasteiger partial charge in [-0.1, -0.05) is 36.0 Å². The van der Waals surface area contributed by atoms with Gasteiger partial charge in [-0.2, -0.15) is 26.3 Å². The largest absolute Gasteiger partial charge is 0.416 e. The van der Waals surface area contributed by atoms with Crippen molar-refractivity contribution in [2.75, 3.05) is 17.3 Å². The van der Waals surface area contributed by atoms with Gasteiger partial charge < -0.3 is 0 Å². The number of benzene rings is 2. The predicted octanol–water partition coefficient (Wildman–Crippen LogP) is 5.90. The maximum absolute atomic E-state index is 14.0. The number of carbonyl (C=O) groups excluding carboxylic acids is 1. The number of thioether (sulfide) groups is 1. The van der Waals surface area contributed by atoms with Gasteiger partial charge in [0.1, 0.15) is 12.4 Å². The van der Waals surface area contributed by atoms with Gasteiger partial charge in [0.25, 0.3) is 0 Å². The van der Waals surface area contributed by atoms with Crippen LogP contribution in [-0.4, -0.2) is 34.7 Å². The van der Waals surface area contributed by atoms with Crippen LogP contribution in [0.25, 0.3) is 0 Å². The number of aliphatic imine (C=N–C) groups is 1. The second kappa shape index (κ2) is 8.77. The molecule has 1 aliphatic heterocycles. The number of urea groups is 1. The lowest BCUT2D eigenvalue weighted by Gasteiger charge is -2.36. The SMILES string of the molecule is O=C1N(CC(F)(F)F)C(=NCc2ccc(C(F)(F)F)cc2)SCN1c1ccccc1F. The molecule has 0 bridgehead atoms. The van der Waals surface area contributed by atoms with Crippen molar-refractivity contribution in [1.29, 1.82) is 0 Å². The number of para-hydroxylation sites is 1. The summed E-state index contributed by atoms with van der Waals surface area (Å²) in [7, 11) is 0. The lowest BCUT2D eigenvalue weighted by Crippen LogP contribution is -2.53. The Morgan fingerprint density at radius 1 is 0.968 bits per heavy atom. The van der Waals surface area contributed by atoms with Crippen molar-refractivity contribution in [3.05, 3.63) is 65.5 Å². The number of anilines is 1. The molecule has 0 atom stereocenters. The van der Waals surface area contributed by atoms with E-state index in [0.29, 0.717) is 10.5 Å². The van der Waals surface area contributed by atoms with E-state index in [1.807, 2.05) is 0 Å². The Bertz CT molecular complexity index is 974. The number of alkyl halides is 6. The number of nitrogens with zero attached hydrogens (tertiary/aromatic N) is 3. The fourth-order valence-corrected chi connectivity index (χ4v) is 3.68. The van der Waals surface area contributed by atoms with Crippen LogP contribution in [-0.2, 0) is 12.7 Å². The summed E-state index contributed by atoms with van der Waals surface area (Å²) in [5, 5.41) is -0.255. The minimum absolute atomic E-state index is 0.172. The Balaban J connectivity index is 1.84. The molecule has 0 saturated carbocycles. The van der Waals surface area contributed by atoms with Crippen molar-refractivity contribution in [1.82, 2.24) is 4.90 Å². The normalized spacial score (nSPS) is 16.9. The van der Waals surface area contributed by atoms with Gasteiger partial charge in [-0.25, -0.2) is 9.18 Å². The van der Waals surface area contributed by atoms with Gasteiger partial charge in [0.05, 0.1) is 23.7 Å². The Morgan fingerprint density at radius 3 is 2.19 bits per heavy atom. The third-order valence-electron chi connectivity index (χ3n) is 4.17. The fraction of sp³-hybridized carbons (Fsp3) is 0.263. The summed E-state index contributed by atoms with van der Waals surface area (Å²) in [5.74, 6) is -0.950. The first-order valence-corrected chi connectivity index (χ1v) is 9.68. The summed E-state index contributed by atoms with van der Waals surface area (Å²) in [6.07, 6.45) is -9.26. The molecule has 4 nitrogen and oxygen atoms in total. The van der Waals surface area contributed by atoms with Crippen LogP contribution >= 0.6 is 11.8 Å². The van der Waals surface area contributed by atoms with E-state index in [0.717, 1.165) is 47.0 Å². The molecule has 3 rings (SSSR count). The molecule has 2 aromatic carbocycles. The lowest BCUT2D eigenvalue weighted by molar-refractivity contribution is -0.137. The third-order valence-corrected chi connectivity index (χ3v) is 5.17. The number of hydrogen-bond donors (Lipinski definition) is 0. The highest BCUT2D eigenvalue weighted by Crippen LogP contribution is 2.31. The third kappa shape index (κ3) is 5.69. The van der Waals surface area contributed by atoms with Crippen LogP contribution in [0.15, 0.2) is 53.5 Å².